The zero-order valence-corrected chi connectivity index (χ0v) is 15.0. The van der Waals surface area contributed by atoms with Crippen molar-refractivity contribution in [2.45, 2.75) is 26.1 Å². The zero-order valence-electron chi connectivity index (χ0n) is 15.0. The number of hydrogen-bond acceptors (Lipinski definition) is 4. The van der Waals surface area contributed by atoms with Crippen molar-refractivity contribution in [3.05, 3.63) is 42.2 Å². The predicted molar refractivity (Wildman–Crippen MR) is 91.7 cm³/mol. The lowest BCUT2D eigenvalue weighted by atomic mass is 9.82. The number of halogens is 3. The van der Waals surface area contributed by atoms with Crippen LogP contribution in [0.1, 0.15) is 30.3 Å². The van der Waals surface area contributed by atoms with Gasteiger partial charge in [0.05, 0.1) is 11.0 Å². The summed E-state index contributed by atoms with van der Waals surface area (Å²) in [6.45, 7) is 1.99. The standard InChI is InChI=1S/C19H18F3NO5/c1-18(17(25)26)9-4-10-23(11-18)16(24)15-8-7-13(27-15)12-5-2-3-6-14(12)28-19(20,21)22/h2-3,5-8H,4,9-11H2,1H3,(H,25,26). The number of amides is 1. The number of para-hydroxylation sites is 1. The molecule has 28 heavy (non-hydrogen) atoms. The molecule has 150 valence electrons. The van der Waals surface area contributed by atoms with Crippen LogP contribution in [0.2, 0.25) is 0 Å². The minimum atomic E-state index is -4.86. The highest BCUT2D eigenvalue weighted by Crippen LogP contribution is 2.35. The van der Waals surface area contributed by atoms with Crippen molar-refractivity contribution in [2.24, 2.45) is 5.41 Å². The second-order valence-electron chi connectivity index (χ2n) is 6.90. The number of carbonyl (C=O) groups is 2. The Morgan fingerprint density at radius 3 is 2.61 bits per heavy atom. The molecule has 1 aromatic heterocycles. The quantitative estimate of drug-likeness (QED) is 0.838. The zero-order chi connectivity index (χ0) is 20.5. The summed E-state index contributed by atoms with van der Waals surface area (Å²) in [7, 11) is 0. The van der Waals surface area contributed by atoms with Crippen LogP contribution in [0.5, 0.6) is 5.75 Å². The van der Waals surface area contributed by atoms with Crippen molar-refractivity contribution < 1.29 is 37.0 Å². The number of hydrogen-bond donors (Lipinski definition) is 1. The first kappa shape index (κ1) is 19.8. The van der Waals surface area contributed by atoms with E-state index >= 15 is 0 Å². The van der Waals surface area contributed by atoms with Crippen LogP contribution in [0.4, 0.5) is 13.2 Å². The molecule has 6 nitrogen and oxygen atoms in total. The Morgan fingerprint density at radius 2 is 1.93 bits per heavy atom. The fourth-order valence-corrected chi connectivity index (χ4v) is 3.22. The van der Waals surface area contributed by atoms with E-state index < -0.39 is 29.4 Å². The molecule has 0 spiro atoms. The number of nitrogens with zero attached hydrogens (tertiary/aromatic N) is 1. The fourth-order valence-electron chi connectivity index (χ4n) is 3.22. The average molecular weight is 397 g/mol. The lowest BCUT2D eigenvalue weighted by Crippen LogP contribution is -2.48. The number of benzene rings is 1. The Labute approximate surface area is 158 Å². The summed E-state index contributed by atoms with van der Waals surface area (Å²) in [6.07, 6.45) is -3.88. The van der Waals surface area contributed by atoms with Gasteiger partial charge in [-0.1, -0.05) is 12.1 Å². The highest BCUT2D eigenvalue weighted by atomic mass is 19.4. The van der Waals surface area contributed by atoms with Crippen molar-refractivity contribution in [1.82, 2.24) is 4.90 Å². The van der Waals surface area contributed by atoms with Crippen molar-refractivity contribution in [3.8, 4) is 17.1 Å². The van der Waals surface area contributed by atoms with Crippen LogP contribution >= 0.6 is 0 Å². The molecule has 3 rings (SSSR count). The number of carbonyl (C=O) groups excluding carboxylic acids is 1. The number of alkyl halides is 3. The van der Waals surface area contributed by atoms with Crippen molar-refractivity contribution in [3.63, 3.8) is 0 Å². The molecule has 1 saturated heterocycles. The SMILES string of the molecule is CC1(C(=O)O)CCCN(C(=O)c2ccc(-c3ccccc3OC(F)(F)F)o2)C1. The molecule has 1 aliphatic heterocycles. The first-order chi connectivity index (χ1) is 13.1. The van der Waals surface area contributed by atoms with Gasteiger partial charge in [-0.3, -0.25) is 9.59 Å². The summed E-state index contributed by atoms with van der Waals surface area (Å²) in [5.41, 5.74) is -0.996. The van der Waals surface area contributed by atoms with Gasteiger partial charge in [-0.25, -0.2) is 0 Å². The van der Waals surface area contributed by atoms with Gasteiger partial charge in [0.15, 0.2) is 5.76 Å². The largest absolute Gasteiger partial charge is 0.573 e. The predicted octanol–water partition coefficient (Wildman–Crippen LogP) is 4.17. The molecule has 0 saturated carbocycles. The van der Waals surface area contributed by atoms with Crippen LogP contribution in [0.25, 0.3) is 11.3 Å². The number of carboxylic acid groups (broad SMARTS) is 1. The van der Waals surface area contributed by atoms with Gasteiger partial charge in [-0.05, 0) is 44.0 Å². The van der Waals surface area contributed by atoms with Crippen LogP contribution in [-0.4, -0.2) is 41.3 Å². The first-order valence-electron chi connectivity index (χ1n) is 8.57. The summed E-state index contributed by atoms with van der Waals surface area (Å²) in [4.78, 5) is 25.5. The fraction of sp³-hybridized carbons (Fsp3) is 0.368. The molecule has 0 aliphatic carbocycles. The van der Waals surface area contributed by atoms with E-state index in [0.717, 1.165) is 6.07 Å². The van der Waals surface area contributed by atoms with E-state index in [1.807, 2.05) is 0 Å². The number of piperidine rings is 1. The molecule has 1 unspecified atom stereocenters. The summed E-state index contributed by atoms with van der Waals surface area (Å²) in [6, 6.07) is 8.18. The van der Waals surface area contributed by atoms with E-state index in [1.54, 1.807) is 6.92 Å². The molecule has 1 aromatic carbocycles. The lowest BCUT2D eigenvalue weighted by molar-refractivity contribution is -0.274. The van der Waals surface area contributed by atoms with E-state index in [2.05, 4.69) is 4.74 Å². The number of ether oxygens (including phenoxy) is 1. The Balaban J connectivity index is 1.83. The van der Waals surface area contributed by atoms with Crippen molar-refractivity contribution in [2.75, 3.05) is 13.1 Å². The van der Waals surface area contributed by atoms with Gasteiger partial charge in [0.1, 0.15) is 11.5 Å². The van der Waals surface area contributed by atoms with Gasteiger partial charge in [0.25, 0.3) is 5.91 Å². The summed E-state index contributed by atoms with van der Waals surface area (Å²) >= 11 is 0. The number of aliphatic carboxylic acids is 1. The monoisotopic (exact) mass is 397 g/mol. The highest BCUT2D eigenvalue weighted by molar-refractivity contribution is 5.93. The lowest BCUT2D eigenvalue weighted by Gasteiger charge is -2.37. The van der Waals surface area contributed by atoms with Gasteiger partial charge in [-0.2, -0.15) is 0 Å². The normalized spacial score (nSPS) is 20.1. The summed E-state index contributed by atoms with van der Waals surface area (Å²) in [5, 5.41) is 9.38. The Bertz CT molecular complexity index is 892. The van der Waals surface area contributed by atoms with Gasteiger partial charge in [0.2, 0.25) is 0 Å². The van der Waals surface area contributed by atoms with E-state index in [4.69, 9.17) is 4.42 Å². The molecule has 1 aliphatic rings. The van der Waals surface area contributed by atoms with Crippen LogP contribution < -0.4 is 4.74 Å². The number of furan rings is 1. The van der Waals surface area contributed by atoms with E-state index in [0.29, 0.717) is 19.4 Å². The highest BCUT2D eigenvalue weighted by Gasteiger charge is 2.40. The van der Waals surface area contributed by atoms with Crippen LogP contribution in [0.15, 0.2) is 40.8 Å². The van der Waals surface area contributed by atoms with Crippen molar-refractivity contribution >= 4 is 11.9 Å². The van der Waals surface area contributed by atoms with Gasteiger partial charge < -0.3 is 19.2 Å². The molecule has 0 radical (unpaired) electrons. The molecule has 1 amide bonds. The topological polar surface area (TPSA) is 80.0 Å². The molecule has 2 heterocycles. The van der Waals surface area contributed by atoms with Crippen molar-refractivity contribution in [1.29, 1.82) is 0 Å². The number of likely N-dealkylation sites (tertiary alicyclic amines) is 1. The minimum absolute atomic E-state index is 0.0327. The van der Waals surface area contributed by atoms with E-state index in [-0.39, 0.29) is 23.6 Å². The van der Waals surface area contributed by atoms with E-state index in [9.17, 15) is 27.9 Å². The summed E-state index contributed by atoms with van der Waals surface area (Å²) < 4.78 is 47.3. The van der Waals surface area contributed by atoms with Gasteiger partial charge in [-0.15, -0.1) is 13.2 Å². The van der Waals surface area contributed by atoms with Gasteiger partial charge >= 0.3 is 12.3 Å². The third-order valence-corrected chi connectivity index (χ3v) is 4.69. The average Bonchev–Trinajstić information content (AvgIpc) is 3.10. The smallest absolute Gasteiger partial charge is 0.481 e. The third kappa shape index (κ3) is 4.13. The first-order valence-corrected chi connectivity index (χ1v) is 8.57. The molecular formula is C19H18F3NO5. The molecular weight excluding hydrogens is 379 g/mol. The Morgan fingerprint density at radius 1 is 1.21 bits per heavy atom. The summed E-state index contributed by atoms with van der Waals surface area (Å²) in [5.74, 6) is -1.97. The second-order valence-corrected chi connectivity index (χ2v) is 6.90. The molecule has 1 atom stereocenters. The molecule has 9 heteroatoms. The molecule has 2 aromatic rings. The van der Waals surface area contributed by atoms with Gasteiger partial charge in [0, 0.05) is 13.1 Å². The Hall–Kier alpha value is -2.97. The minimum Gasteiger partial charge on any atom is -0.481 e. The molecule has 1 N–H and O–H groups in total. The third-order valence-electron chi connectivity index (χ3n) is 4.69. The number of carboxylic acids is 1. The maximum absolute atomic E-state index is 12.7. The Kier molecular flexibility index (Phi) is 5.10. The maximum atomic E-state index is 12.7. The second kappa shape index (κ2) is 7.21. The molecule has 0 bridgehead atoms. The van der Waals surface area contributed by atoms with Crippen LogP contribution in [0, 0.1) is 5.41 Å². The maximum Gasteiger partial charge on any atom is 0.573 e. The van der Waals surface area contributed by atoms with E-state index in [1.165, 1.54) is 35.2 Å². The molecule has 1 fully saturated rings. The van der Waals surface area contributed by atoms with Crippen LogP contribution in [0.3, 0.4) is 0 Å². The number of rotatable bonds is 4. The van der Waals surface area contributed by atoms with Crippen LogP contribution in [-0.2, 0) is 4.79 Å².